The fourth-order valence-electron chi connectivity index (χ4n) is 3.51. The molecule has 0 saturated heterocycles. The third-order valence-corrected chi connectivity index (χ3v) is 6.19. The van der Waals surface area contributed by atoms with Gasteiger partial charge in [-0.2, -0.15) is 0 Å². The van der Waals surface area contributed by atoms with Gasteiger partial charge in [-0.15, -0.1) is 0 Å². The van der Waals surface area contributed by atoms with Crippen molar-refractivity contribution >= 4 is 27.5 Å². The maximum Gasteiger partial charge on any atom is 0.253 e. The maximum atomic E-state index is 12.9. The van der Waals surface area contributed by atoms with Crippen molar-refractivity contribution in [3.8, 4) is 0 Å². The first-order chi connectivity index (χ1) is 13.7. The highest BCUT2D eigenvalue weighted by atomic mass is 32.2. The molecule has 0 aromatic heterocycles. The van der Waals surface area contributed by atoms with Gasteiger partial charge in [0, 0.05) is 38.3 Å². The van der Waals surface area contributed by atoms with Gasteiger partial charge < -0.3 is 10.2 Å². The van der Waals surface area contributed by atoms with Crippen LogP contribution in [0.3, 0.4) is 0 Å². The summed E-state index contributed by atoms with van der Waals surface area (Å²) in [6.07, 6.45) is 2.67. The summed E-state index contributed by atoms with van der Waals surface area (Å²) in [5, 5.41) is 2.57. The van der Waals surface area contributed by atoms with E-state index in [0.717, 1.165) is 24.0 Å². The predicted octanol–water partition coefficient (Wildman–Crippen LogP) is 2.03. The lowest BCUT2D eigenvalue weighted by Crippen LogP contribution is -2.35. The van der Waals surface area contributed by atoms with Crippen LogP contribution in [0.5, 0.6) is 0 Å². The van der Waals surface area contributed by atoms with E-state index in [-0.39, 0.29) is 11.8 Å². The van der Waals surface area contributed by atoms with Crippen molar-refractivity contribution in [2.45, 2.75) is 19.4 Å². The van der Waals surface area contributed by atoms with Crippen molar-refractivity contribution in [3.63, 3.8) is 0 Å². The second-order valence-electron chi connectivity index (χ2n) is 7.22. The first kappa shape index (κ1) is 20.9. The van der Waals surface area contributed by atoms with E-state index in [2.05, 4.69) is 5.32 Å². The average Bonchev–Trinajstić information content (AvgIpc) is 2.71. The van der Waals surface area contributed by atoms with Crippen LogP contribution in [0, 0.1) is 0 Å². The molecule has 1 N–H and O–H groups in total. The van der Waals surface area contributed by atoms with Crippen LogP contribution in [0.25, 0.3) is 0 Å². The molecule has 0 radical (unpaired) electrons. The quantitative estimate of drug-likeness (QED) is 0.810. The van der Waals surface area contributed by atoms with E-state index in [9.17, 15) is 18.0 Å². The molecule has 2 amide bonds. The number of nitrogens with one attached hydrogen (secondary N) is 1. The fourth-order valence-corrected chi connectivity index (χ4v) is 4.51. The van der Waals surface area contributed by atoms with Crippen LogP contribution in [0.4, 0.5) is 5.69 Å². The predicted molar refractivity (Wildman–Crippen MR) is 113 cm³/mol. The monoisotopic (exact) mass is 415 g/mol. The van der Waals surface area contributed by atoms with E-state index in [4.69, 9.17) is 0 Å². The molecule has 3 rings (SSSR count). The number of anilines is 1. The third kappa shape index (κ3) is 4.59. The van der Waals surface area contributed by atoms with Crippen LogP contribution in [0.15, 0.2) is 42.5 Å². The highest BCUT2D eigenvalue weighted by Gasteiger charge is 2.25. The minimum atomic E-state index is -3.33. The van der Waals surface area contributed by atoms with E-state index < -0.39 is 10.0 Å². The number of aryl methyl sites for hydroxylation is 1. The molecule has 1 aliphatic rings. The molecular weight excluding hydrogens is 390 g/mol. The molecule has 1 aliphatic heterocycles. The van der Waals surface area contributed by atoms with E-state index in [1.165, 1.54) is 10.6 Å². The number of nitrogens with zero attached hydrogens (tertiary/aromatic N) is 2. The molecule has 7 nitrogen and oxygen atoms in total. The Morgan fingerprint density at radius 2 is 1.76 bits per heavy atom. The summed E-state index contributed by atoms with van der Waals surface area (Å²) < 4.78 is 25.4. The number of benzene rings is 2. The minimum absolute atomic E-state index is 0.139. The Labute approximate surface area is 171 Å². The van der Waals surface area contributed by atoms with Crippen molar-refractivity contribution in [1.29, 1.82) is 0 Å². The third-order valence-electron chi connectivity index (χ3n) is 5.01. The molecule has 0 unspecified atom stereocenters. The van der Waals surface area contributed by atoms with Gasteiger partial charge in [-0.25, -0.2) is 8.42 Å². The lowest BCUT2D eigenvalue weighted by Gasteiger charge is -2.29. The smallest absolute Gasteiger partial charge is 0.253 e. The van der Waals surface area contributed by atoms with Gasteiger partial charge in [0.1, 0.15) is 0 Å². The largest absolute Gasteiger partial charge is 0.355 e. The van der Waals surface area contributed by atoms with Crippen LogP contribution in [0.2, 0.25) is 0 Å². The fraction of sp³-hybridized carbons (Fsp3) is 0.333. The summed E-state index contributed by atoms with van der Waals surface area (Å²) in [5.74, 6) is -0.294. The van der Waals surface area contributed by atoms with Gasteiger partial charge in [0.15, 0.2) is 0 Å². The molecule has 0 bridgehead atoms. The van der Waals surface area contributed by atoms with Gasteiger partial charge in [0.05, 0.1) is 11.9 Å². The highest BCUT2D eigenvalue weighted by Crippen LogP contribution is 2.30. The van der Waals surface area contributed by atoms with Crippen molar-refractivity contribution in [2.75, 3.05) is 31.2 Å². The van der Waals surface area contributed by atoms with Crippen LogP contribution in [0.1, 0.15) is 38.3 Å². The summed E-state index contributed by atoms with van der Waals surface area (Å²) in [6, 6.07) is 12.3. The standard InChI is InChI=1S/C21H25N3O4S/c1-22-20(25)16-8-6-15(7-9-16)14-23(2)21(26)18-10-11-19-17(13-18)5-4-12-24(19)29(3,27)28/h6-11,13H,4-5,12,14H2,1-3H3,(H,22,25). The van der Waals surface area contributed by atoms with E-state index in [1.807, 2.05) is 12.1 Å². The second-order valence-corrected chi connectivity index (χ2v) is 9.13. The number of fused-ring (bicyclic) bond motifs is 1. The number of rotatable bonds is 5. The molecule has 154 valence electrons. The molecule has 0 spiro atoms. The maximum absolute atomic E-state index is 12.9. The average molecular weight is 416 g/mol. The Morgan fingerprint density at radius 3 is 2.38 bits per heavy atom. The van der Waals surface area contributed by atoms with E-state index >= 15 is 0 Å². The normalized spacial score (nSPS) is 13.6. The number of hydrogen-bond acceptors (Lipinski definition) is 4. The van der Waals surface area contributed by atoms with Crippen molar-refractivity contribution in [2.24, 2.45) is 0 Å². The Morgan fingerprint density at radius 1 is 1.10 bits per heavy atom. The molecule has 0 atom stereocenters. The number of amides is 2. The molecule has 1 heterocycles. The van der Waals surface area contributed by atoms with Crippen LogP contribution < -0.4 is 9.62 Å². The summed E-state index contributed by atoms with van der Waals surface area (Å²) in [4.78, 5) is 26.1. The zero-order valence-corrected chi connectivity index (χ0v) is 17.6. The molecule has 0 fully saturated rings. The number of carbonyl (C=O) groups is 2. The second kappa shape index (κ2) is 8.24. The minimum Gasteiger partial charge on any atom is -0.355 e. The molecule has 0 aliphatic carbocycles. The van der Waals surface area contributed by atoms with Gasteiger partial charge >= 0.3 is 0 Å². The Kier molecular flexibility index (Phi) is 5.93. The molecule has 29 heavy (non-hydrogen) atoms. The van der Waals surface area contributed by atoms with Gasteiger partial charge in [-0.05, 0) is 54.3 Å². The van der Waals surface area contributed by atoms with Gasteiger partial charge in [0.2, 0.25) is 10.0 Å². The lowest BCUT2D eigenvalue weighted by atomic mass is 10.00. The zero-order chi connectivity index (χ0) is 21.2. The summed E-state index contributed by atoms with van der Waals surface area (Å²) in [7, 11) is -0.0323. The Balaban J connectivity index is 1.75. The molecule has 8 heteroatoms. The lowest BCUT2D eigenvalue weighted by molar-refractivity contribution is 0.0784. The van der Waals surface area contributed by atoms with Crippen LogP contribution >= 0.6 is 0 Å². The van der Waals surface area contributed by atoms with Gasteiger partial charge in [-0.3, -0.25) is 13.9 Å². The number of carbonyl (C=O) groups excluding carboxylic acids is 2. The van der Waals surface area contributed by atoms with Gasteiger partial charge in [-0.1, -0.05) is 12.1 Å². The van der Waals surface area contributed by atoms with Crippen LogP contribution in [-0.2, 0) is 23.0 Å². The Hall–Kier alpha value is -2.87. The number of sulfonamides is 1. The van der Waals surface area contributed by atoms with Crippen LogP contribution in [-0.4, -0.2) is 52.0 Å². The first-order valence-corrected chi connectivity index (χ1v) is 11.2. The molecule has 2 aromatic rings. The first-order valence-electron chi connectivity index (χ1n) is 9.38. The summed E-state index contributed by atoms with van der Waals surface area (Å²) >= 11 is 0. The van der Waals surface area contributed by atoms with E-state index in [1.54, 1.807) is 49.3 Å². The van der Waals surface area contributed by atoms with Crippen molar-refractivity contribution < 1.29 is 18.0 Å². The summed E-state index contributed by atoms with van der Waals surface area (Å²) in [6.45, 7) is 0.866. The van der Waals surface area contributed by atoms with Crippen molar-refractivity contribution in [1.82, 2.24) is 10.2 Å². The van der Waals surface area contributed by atoms with Gasteiger partial charge in [0.25, 0.3) is 11.8 Å². The number of hydrogen-bond donors (Lipinski definition) is 1. The van der Waals surface area contributed by atoms with Crippen molar-refractivity contribution in [3.05, 3.63) is 64.7 Å². The van der Waals surface area contributed by atoms with E-state index in [0.29, 0.717) is 29.9 Å². The Bertz CT molecular complexity index is 1030. The molecule has 0 saturated carbocycles. The highest BCUT2D eigenvalue weighted by molar-refractivity contribution is 7.92. The zero-order valence-electron chi connectivity index (χ0n) is 16.8. The SMILES string of the molecule is CNC(=O)c1ccc(CN(C)C(=O)c2ccc3c(c2)CCCN3S(C)(=O)=O)cc1. The summed E-state index contributed by atoms with van der Waals surface area (Å²) in [5.41, 5.74) is 3.53. The molecule has 2 aromatic carbocycles. The molecular formula is C21H25N3O4S. The topological polar surface area (TPSA) is 86.8 Å².